The summed E-state index contributed by atoms with van der Waals surface area (Å²) in [6, 6.07) is 0.301. The monoisotopic (exact) mass is 281 g/mol. The Hall–Kier alpha value is -1.07. The van der Waals surface area contributed by atoms with E-state index in [1.165, 1.54) is 12.8 Å². The van der Waals surface area contributed by atoms with Gasteiger partial charge in [0.2, 0.25) is 0 Å². The maximum absolute atomic E-state index is 5.65. The molecule has 20 heavy (non-hydrogen) atoms. The Bertz CT molecular complexity index is 413. The molecule has 0 radical (unpaired) electrons. The van der Waals surface area contributed by atoms with Crippen molar-refractivity contribution in [1.82, 2.24) is 15.1 Å². The fourth-order valence-electron chi connectivity index (χ4n) is 3.09. The van der Waals surface area contributed by atoms with E-state index in [1.807, 2.05) is 11.7 Å². The second kappa shape index (κ2) is 7.09. The third kappa shape index (κ3) is 3.33. The molecule has 5 nitrogen and oxygen atoms in total. The summed E-state index contributed by atoms with van der Waals surface area (Å²) in [6.07, 6.45) is 5.74. The lowest BCUT2D eigenvalue weighted by Crippen LogP contribution is -2.35. The summed E-state index contributed by atoms with van der Waals surface area (Å²) < 4.78 is 13.0. The number of methoxy groups -OCH3 is 1. The van der Waals surface area contributed by atoms with Crippen LogP contribution in [0.3, 0.4) is 0 Å². The number of aromatic nitrogens is 2. The molecule has 1 aromatic heterocycles. The Labute approximate surface area is 121 Å². The van der Waals surface area contributed by atoms with E-state index in [4.69, 9.17) is 9.47 Å². The molecule has 1 heterocycles. The summed E-state index contributed by atoms with van der Waals surface area (Å²) in [7, 11) is 3.68. The summed E-state index contributed by atoms with van der Waals surface area (Å²) in [5, 5.41) is 7.88. The van der Waals surface area contributed by atoms with Crippen LogP contribution in [-0.4, -0.2) is 36.1 Å². The van der Waals surface area contributed by atoms with E-state index in [0.717, 1.165) is 36.9 Å². The molecule has 1 N–H and O–H groups in total. The van der Waals surface area contributed by atoms with Crippen molar-refractivity contribution in [3.63, 3.8) is 0 Å². The van der Waals surface area contributed by atoms with Crippen molar-refractivity contribution < 1.29 is 9.47 Å². The zero-order valence-corrected chi connectivity index (χ0v) is 13.1. The SMILES string of the molecule is CCNC(CC1CC(OCC)C1)c1c(OC)cnn1C. The molecular weight excluding hydrogens is 254 g/mol. The molecule has 1 atom stereocenters. The zero-order chi connectivity index (χ0) is 14.5. The van der Waals surface area contributed by atoms with E-state index >= 15 is 0 Å². The van der Waals surface area contributed by atoms with Gasteiger partial charge in [-0.05, 0) is 38.6 Å². The molecule has 1 unspecified atom stereocenters. The lowest BCUT2D eigenvalue weighted by atomic mass is 9.77. The van der Waals surface area contributed by atoms with Crippen molar-refractivity contribution in [3.05, 3.63) is 11.9 Å². The number of aryl methyl sites for hydroxylation is 1. The molecule has 2 rings (SSSR count). The van der Waals surface area contributed by atoms with Gasteiger partial charge in [0, 0.05) is 13.7 Å². The summed E-state index contributed by atoms with van der Waals surface area (Å²) in [5.41, 5.74) is 1.15. The van der Waals surface area contributed by atoms with E-state index in [1.54, 1.807) is 13.3 Å². The minimum atomic E-state index is 0.301. The van der Waals surface area contributed by atoms with Gasteiger partial charge in [0.15, 0.2) is 5.75 Å². The van der Waals surface area contributed by atoms with Gasteiger partial charge >= 0.3 is 0 Å². The minimum Gasteiger partial charge on any atom is -0.493 e. The Morgan fingerprint density at radius 3 is 2.80 bits per heavy atom. The number of ether oxygens (including phenoxy) is 2. The number of nitrogens with zero attached hydrogens (tertiary/aromatic N) is 2. The second-order valence-corrected chi connectivity index (χ2v) is 5.48. The summed E-state index contributed by atoms with van der Waals surface area (Å²) in [6.45, 7) is 5.97. The molecule has 0 bridgehead atoms. The van der Waals surface area contributed by atoms with Crippen LogP contribution in [0.1, 0.15) is 44.8 Å². The first-order valence-electron chi connectivity index (χ1n) is 7.60. The van der Waals surface area contributed by atoms with Gasteiger partial charge in [0.05, 0.1) is 31.1 Å². The van der Waals surface area contributed by atoms with Crippen LogP contribution in [0.15, 0.2) is 6.20 Å². The van der Waals surface area contributed by atoms with Gasteiger partial charge in [-0.15, -0.1) is 0 Å². The smallest absolute Gasteiger partial charge is 0.161 e. The van der Waals surface area contributed by atoms with Gasteiger partial charge in [-0.2, -0.15) is 5.10 Å². The lowest BCUT2D eigenvalue weighted by molar-refractivity contribution is -0.0293. The number of nitrogens with one attached hydrogen (secondary N) is 1. The van der Waals surface area contributed by atoms with E-state index in [-0.39, 0.29) is 0 Å². The molecule has 1 aliphatic rings. The molecular formula is C15H27N3O2. The number of rotatable bonds is 8. The zero-order valence-electron chi connectivity index (χ0n) is 13.1. The highest BCUT2D eigenvalue weighted by molar-refractivity contribution is 5.28. The van der Waals surface area contributed by atoms with Crippen LogP contribution in [0.25, 0.3) is 0 Å². The molecule has 0 saturated heterocycles. The van der Waals surface area contributed by atoms with Crippen molar-refractivity contribution >= 4 is 0 Å². The standard InChI is InChI=1S/C15H27N3O2/c1-5-16-13(9-11-7-12(8-11)20-6-2)15-14(19-4)10-17-18(15)3/h10-13,16H,5-9H2,1-4H3. The van der Waals surface area contributed by atoms with E-state index < -0.39 is 0 Å². The van der Waals surface area contributed by atoms with Crippen LogP contribution in [-0.2, 0) is 11.8 Å². The maximum atomic E-state index is 5.65. The number of hydrogen-bond donors (Lipinski definition) is 1. The highest BCUT2D eigenvalue weighted by Crippen LogP contribution is 2.38. The van der Waals surface area contributed by atoms with Gasteiger partial charge in [0.1, 0.15) is 0 Å². The molecule has 1 aliphatic carbocycles. The summed E-state index contributed by atoms with van der Waals surface area (Å²) >= 11 is 0. The third-order valence-corrected chi connectivity index (χ3v) is 4.11. The normalized spacial score (nSPS) is 23.4. The highest BCUT2D eigenvalue weighted by atomic mass is 16.5. The molecule has 0 amide bonds. The molecule has 0 spiro atoms. The van der Waals surface area contributed by atoms with Gasteiger partial charge in [-0.1, -0.05) is 6.92 Å². The average Bonchev–Trinajstić information content (AvgIpc) is 2.76. The molecule has 1 aromatic rings. The lowest BCUT2D eigenvalue weighted by Gasteiger charge is -2.37. The largest absolute Gasteiger partial charge is 0.493 e. The second-order valence-electron chi connectivity index (χ2n) is 5.48. The van der Waals surface area contributed by atoms with Crippen LogP contribution in [0, 0.1) is 5.92 Å². The van der Waals surface area contributed by atoms with Gasteiger partial charge in [0.25, 0.3) is 0 Å². The molecule has 0 aliphatic heterocycles. The Morgan fingerprint density at radius 2 is 2.20 bits per heavy atom. The van der Waals surface area contributed by atoms with E-state index in [0.29, 0.717) is 12.1 Å². The van der Waals surface area contributed by atoms with Crippen molar-refractivity contribution in [2.45, 2.75) is 45.3 Å². The Balaban J connectivity index is 1.99. The predicted octanol–water partition coefficient (Wildman–Crippen LogP) is 2.28. The van der Waals surface area contributed by atoms with E-state index in [2.05, 4.69) is 24.3 Å². The molecule has 5 heteroatoms. The van der Waals surface area contributed by atoms with Crippen molar-refractivity contribution in [2.75, 3.05) is 20.3 Å². The van der Waals surface area contributed by atoms with Crippen molar-refractivity contribution in [2.24, 2.45) is 13.0 Å². The van der Waals surface area contributed by atoms with Crippen LogP contribution < -0.4 is 10.1 Å². The van der Waals surface area contributed by atoms with Crippen LogP contribution in [0.2, 0.25) is 0 Å². The number of hydrogen-bond acceptors (Lipinski definition) is 4. The highest BCUT2D eigenvalue weighted by Gasteiger charge is 2.33. The van der Waals surface area contributed by atoms with Gasteiger partial charge in [-0.3, -0.25) is 4.68 Å². The van der Waals surface area contributed by atoms with E-state index in [9.17, 15) is 0 Å². The first-order chi connectivity index (χ1) is 9.69. The molecule has 1 saturated carbocycles. The topological polar surface area (TPSA) is 48.3 Å². The fourth-order valence-corrected chi connectivity index (χ4v) is 3.09. The summed E-state index contributed by atoms with van der Waals surface area (Å²) in [4.78, 5) is 0. The summed E-state index contributed by atoms with van der Waals surface area (Å²) in [5.74, 6) is 1.61. The van der Waals surface area contributed by atoms with Crippen LogP contribution in [0.5, 0.6) is 5.75 Å². The van der Waals surface area contributed by atoms with Crippen LogP contribution in [0.4, 0.5) is 0 Å². The van der Waals surface area contributed by atoms with Crippen molar-refractivity contribution in [1.29, 1.82) is 0 Å². The Morgan fingerprint density at radius 1 is 1.45 bits per heavy atom. The maximum Gasteiger partial charge on any atom is 0.161 e. The first-order valence-corrected chi connectivity index (χ1v) is 7.60. The fraction of sp³-hybridized carbons (Fsp3) is 0.800. The first kappa shape index (κ1) is 15.3. The molecule has 114 valence electrons. The molecule has 1 fully saturated rings. The quantitative estimate of drug-likeness (QED) is 0.794. The van der Waals surface area contributed by atoms with Crippen molar-refractivity contribution in [3.8, 4) is 5.75 Å². The Kier molecular flexibility index (Phi) is 5.43. The van der Waals surface area contributed by atoms with Gasteiger partial charge in [-0.25, -0.2) is 0 Å². The molecule has 0 aromatic carbocycles. The van der Waals surface area contributed by atoms with Gasteiger partial charge < -0.3 is 14.8 Å². The minimum absolute atomic E-state index is 0.301. The predicted molar refractivity (Wildman–Crippen MR) is 78.9 cm³/mol. The van der Waals surface area contributed by atoms with Crippen LogP contribution >= 0.6 is 0 Å². The third-order valence-electron chi connectivity index (χ3n) is 4.11. The average molecular weight is 281 g/mol.